The molecular weight excluding hydrogens is 349 g/mol. The smallest absolute Gasteiger partial charge is 0.225 e. The van der Waals surface area contributed by atoms with Gasteiger partial charge in [0, 0.05) is 43.2 Å². The van der Waals surface area contributed by atoms with Crippen LogP contribution in [0.5, 0.6) is 0 Å². The maximum Gasteiger partial charge on any atom is 0.225 e. The van der Waals surface area contributed by atoms with Crippen molar-refractivity contribution in [2.45, 2.75) is 0 Å². The number of aromatic nitrogens is 2. The Morgan fingerprint density at radius 1 is 1.11 bits per heavy atom. The van der Waals surface area contributed by atoms with E-state index >= 15 is 0 Å². The highest BCUT2D eigenvalue weighted by Crippen LogP contribution is 2.22. The first-order chi connectivity index (χ1) is 13.3. The summed E-state index contributed by atoms with van der Waals surface area (Å²) in [7, 11) is 0. The summed E-state index contributed by atoms with van der Waals surface area (Å²) in [4.78, 5) is 18.4. The monoisotopic (exact) mass is 371 g/mol. The molecule has 2 saturated heterocycles. The minimum absolute atomic E-state index is 0.276. The molecule has 1 aromatic heterocycles. The van der Waals surface area contributed by atoms with E-state index in [-0.39, 0.29) is 5.82 Å². The fourth-order valence-corrected chi connectivity index (χ4v) is 3.04. The van der Waals surface area contributed by atoms with Crippen LogP contribution >= 0.6 is 0 Å². The van der Waals surface area contributed by atoms with Crippen molar-refractivity contribution in [2.75, 3.05) is 57.4 Å². The first-order valence-corrected chi connectivity index (χ1v) is 9.09. The number of ether oxygens (including phenoxy) is 1. The predicted octanol–water partition coefficient (Wildman–Crippen LogP) is 1.81. The second-order valence-corrected chi connectivity index (χ2v) is 6.55. The average molecular weight is 371 g/mol. The van der Waals surface area contributed by atoms with E-state index in [1.54, 1.807) is 30.6 Å². The number of halogens is 1. The summed E-state index contributed by atoms with van der Waals surface area (Å²) < 4.78 is 19.1. The van der Waals surface area contributed by atoms with Gasteiger partial charge in [-0.05, 0) is 6.07 Å². The Hall–Kier alpha value is -2.58. The maximum atomic E-state index is 13.8. The van der Waals surface area contributed by atoms with Gasteiger partial charge in [-0.2, -0.15) is 0 Å². The summed E-state index contributed by atoms with van der Waals surface area (Å²) in [6.07, 6.45) is 3.30. The van der Waals surface area contributed by atoms with Crippen molar-refractivity contribution in [3.63, 3.8) is 0 Å². The number of hydrogen-bond acceptors (Lipinski definition) is 7. The van der Waals surface area contributed by atoms with Gasteiger partial charge in [0.25, 0.3) is 0 Å². The standard InChI is InChI=1S/C19H22FN5O2/c20-18-4-2-1-3-17(18)15-11-21-19(22-12-15)25-13-16(14-25)23-27-10-7-24-5-8-26-9-6-24/h1-4,11-12H,5-10,13-14H2. The molecule has 0 amide bonds. The molecule has 0 unspecified atom stereocenters. The van der Waals surface area contributed by atoms with Gasteiger partial charge in [0.05, 0.1) is 32.0 Å². The zero-order valence-electron chi connectivity index (χ0n) is 15.1. The fourth-order valence-electron chi connectivity index (χ4n) is 3.04. The van der Waals surface area contributed by atoms with Crippen LogP contribution in [0.1, 0.15) is 0 Å². The van der Waals surface area contributed by atoms with Gasteiger partial charge < -0.3 is 14.5 Å². The summed E-state index contributed by atoms with van der Waals surface area (Å²) >= 11 is 0. The molecule has 8 heteroatoms. The third kappa shape index (κ3) is 4.40. The van der Waals surface area contributed by atoms with Gasteiger partial charge in [-0.25, -0.2) is 14.4 Å². The Balaban J connectivity index is 1.24. The van der Waals surface area contributed by atoms with Crippen LogP contribution in [0.2, 0.25) is 0 Å². The van der Waals surface area contributed by atoms with Gasteiger partial charge >= 0.3 is 0 Å². The van der Waals surface area contributed by atoms with Crippen LogP contribution in [-0.4, -0.2) is 73.1 Å². The third-order valence-electron chi connectivity index (χ3n) is 4.65. The van der Waals surface area contributed by atoms with Crippen LogP contribution in [0.25, 0.3) is 11.1 Å². The second kappa shape index (κ2) is 8.41. The van der Waals surface area contributed by atoms with Crippen molar-refractivity contribution in [3.05, 3.63) is 42.5 Å². The van der Waals surface area contributed by atoms with Gasteiger partial charge in [-0.3, -0.25) is 4.90 Å². The summed E-state index contributed by atoms with van der Waals surface area (Å²) in [6.45, 7) is 6.23. The molecule has 2 fully saturated rings. The van der Waals surface area contributed by atoms with Gasteiger partial charge in [-0.15, -0.1) is 0 Å². The molecule has 2 aliphatic heterocycles. The van der Waals surface area contributed by atoms with Crippen LogP contribution in [0, 0.1) is 5.82 Å². The Morgan fingerprint density at radius 3 is 2.59 bits per heavy atom. The van der Waals surface area contributed by atoms with E-state index < -0.39 is 0 Å². The molecule has 0 aliphatic carbocycles. The van der Waals surface area contributed by atoms with Gasteiger partial charge in [0.15, 0.2) is 0 Å². The normalized spacial score (nSPS) is 17.5. The highest BCUT2D eigenvalue weighted by atomic mass is 19.1. The number of nitrogens with zero attached hydrogens (tertiary/aromatic N) is 5. The fraction of sp³-hybridized carbons (Fsp3) is 0.421. The summed E-state index contributed by atoms with van der Waals surface area (Å²) in [5.41, 5.74) is 2.14. The number of anilines is 1. The number of hydrogen-bond donors (Lipinski definition) is 0. The highest BCUT2D eigenvalue weighted by Gasteiger charge is 2.25. The lowest BCUT2D eigenvalue weighted by molar-refractivity contribution is 0.0210. The van der Waals surface area contributed by atoms with Gasteiger partial charge in [0.2, 0.25) is 5.95 Å². The molecule has 0 radical (unpaired) electrons. The molecular formula is C19H22FN5O2. The molecule has 1 aromatic carbocycles. The Kier molecular flexibility index (Phi) is 5.55. The predicted molar refractivity (Wildman–Crippen MR) is 100 cm³/mol. The molecule has 4 rings (SSSR count). The SMILES string of the molecule is Fc1ccccc1-c1cnc(N2CC(=NOCCN3CCOCC3)C2)nc1. The van der Waals surface area contributed by atoms with E-state index in [9.17, 15) is 4.39 Å². The largest absolute Gasteiger partial charge is 0.394 e. The summed E-state index contributed by atoms with van der Waals surface area (Å²) in [6, 6.07) is 6.61. The second-order valence-electron chi connectivity index (χ2n) is 6.55. The first kappa shape index (κ1) is 17.8. The van der Waals surface area contributed by atoms with Crippen LogP contribution in [0.3, 0.4) is 0 Å². The van der Waals surface area contributed by atoms with Crippen LogP contribution in [0.15, 0.2) is 41.8 Å². The zero-order chi connectivity index (χ0) is 18.5. The molecule has 0 saturated carbocycles. The van der Waals surface area contributed by atoms with Crippen molar-refractivity contribution < 1.29 is 14.0 Å². The quantitative estimate of drug-likeness (QED) is 0.570. The van der Waals surface area contributed by atoms with Crippen molar-refractivity contribution in [1.82, 2.24) is 14.9 Å². The molecule has 0 N–H and O–H groups in total. The molecule has 142 valence electrons. The van der Waals surface area contributed by atoms with Crippen molar-refractivity contribution in [1.29, 1.82) is 0 Å². The molecule has 2 aromatic rings. The molecule has 0 bridgehead atoms. The van der Waals surface area contributed by atoms with Crippen LogP contribution < -0.4 is 4.90 Å². The van der Waals surface area contributed by atoms with E-state index in [4.69, 9.17) is 9.57 Å². The number of benzene rings is 1. The van der Waals surface area contributed by atoms with E-state index in [0.29, 0.717) is 36.8 Å². The lowest BCUT2D eigenvalue weighted by atomic mass is 10.1. The Morgan fingerprint density at radius 2 is 1.85 bits per heavy atom. The van der Waals surface area contributed by atoms with Gasteiger partial charge in [-0.1, -0.05) is 23.4 Å². The Labute approximate surface area is 157 Å². The van der Waals surface area contributed by atoms with Crippen LogP contribution in [-0.2, 0) is 9.57 Å². The number of rotatable bonds is 6. The summed E-state index contributed by atoms with van der Waals surface area (Å²) in [5.74, 6) is 0.337. The summed E-state index contributed by atoms with van der Waals surface area (Å²) in [5, 5.41) is 4.18. The van der Waals surface area contributed by atoms with Crippen LogP contribution in [0.4, 0.5) is 10.3 Å². The number of oxime groups is 1. The highest BCUT2D eigenvalue weighted by molar-refractivity contribution is 5.98. The molecule has 0 spiro atoms. The Bertz CT molecular complexity index is 785. The molecule has 27 heavy (non-hydrogen) atoms. The minimum atomic E-state index is -0.276. The van der Waals surface area contributed by atoms with Crippen molar-refractivity contribution >= 4 is 11.7 Å². The topological polar surface area (TPSA) is 63.1 Å². The lowest BCUT2D eigenvalue weighted by Crippen LogP contribution is -2.48. The average Bonchev–Trinajstić information content (AvgIpc) is 2.68. The minimum Gasteiger partial charge on any atom is -0.394 e. The molecule has 7 nitrogen and oxygen atoms in total. The molecule has 2 aliphatic rings. The molecule has 3 heterocycles. The lowest BCUT2D eigenvalue weighted by Gasteiger charge is -2.32. The van der Waals surface area contributed by atoms with E-state index in [0.717, 1.165) is 38.6 Å². The first-order valence-electron chi connectivity index (χ1n) is 9.09. The third-order valence-corrected chi connectivity index (χ3v) is 4.65. The maximum absolute atomic E-state index is 13.8. The van der Waals surface area contributed by atoms with Gasteiger partial charge in [0.1, 0.15) is 12.4 Å². The van der Waals surface area contributed by atoms with E-state index in [2.05, 4.69) is 20.0 Å². The van der Waals surface area contributed by atoms with Crippen molar-refractivity contribution in [2.24, 2.45) is 5.16 Å². The zero-order valence-corrected chi connectivity index (χ0v) is 15.1. The number of morpholine rings is 1. The van der Waals surface area contributed by atoms with E-state index in [1.165, 1.54) is 6.07 Å². The van der Waals surface area contributed by atoms with Crippen molar-refractivity contribution in [3.8, 4) is 11.1 Å². The molecule has 0 atom stereocenters. The van der Waals surface area contributed by atoms with E-state index in [1.807, 2.05) is 4.90 Å².